The lowest BCUT2D eigenvalue weighted by molar-refractivity contribution is 0.474. The Balaban J connectivity index is 1.88. The molecule has 1 atom stereocenters. The summed E-state index contributed by atoms with van der Waals surface area (Å²) in [6.07, 6.45) is 3.85. The van der Waals surface area contributed by atoms with Crippen molar-refractivity contribution in [2.24, 2.45) is 0 Å². The average molecular weight is 269 g/mol. The maximum Gasteiger partial charge on any atom is 0.151 e. The van der Waals surface area contributed by atoms with Crippen molar-refractivity contribution >= 4 is 11.5 Å². The van der Waals surface area contributed by atoms with E-state index in [1.54, 1.807) is 12.3 Å². The third kappa shape index (κ3) is 2.29. The number of aryl methyl sites for hydroxylation is 1. The van der Waals surface area contributed by atoms with Gasteiger partial charge in [-0.05, 0) is 48.2 Å². The van der Waals surface area contributed by atoms with Crippen LogP contribution >= 0.6 is 0 Å². The van der Waals surface area contributed by atoms with Gasteiger partial charge in [-0.2, -0.15) is 0 Å². The van der Waals surface area contributed by atoms with E-state index < -0.39 is 0 Å². The minimum absolute atomic E-state index is 0.286. The first kappa shape index (κ1) is 12.8. The molecule has 20 heavy (non-hydrogen) atoms. The van der Waals surface area contributed by atoms with Gasteiger partial charge in [0.05, 0.1) is 11.7 Å². The number of phenolic OH excluding ortho intramolecular Hbond substituents is 1. The molecule has 2 aromatic rings. The number of rotatable bonds is 3. The number of benzene rings is 1. The topological polar surface area (TPSA) is 48.4 Å². The van der Waals surface area contributed by atoms with Crippen LogP contribution in [0.25, 0.3) is 0 Å². The van der Waals surface area contributed by atoms with E-state index in [-0.39, 0.29) is 6.04 Å². The zero-order valence-corrected chi connectivity index (χ0v) is 11.8. The van der Waals surface area contributed by atoms with E-state index >= 15 is 0 Å². The van der Waals surface area contributed by atoms with Gasteiger partial charge in [-0.15, -0.1) is 0 Å². The summed E-state index contributed by atoms with van der Waals surface area (Å²) in [4.78, 5) is 6.42. The highest BCUT2D eigenvalue weighted by atomic mass is 16.3. The number of nitrogens with one attached hydrogen (secondary N) is 1. The first-order valence-corrected chi connectivity index (χ1v) is 6.86. The van der Waals surface area contributed by atoms with Crippen LogP contribution in [-0.4, -0.2) is 24.2 Å². The Hall–Kier alpha value is -2.23. The fourth-order valence-electron chi connectivity index (χ4n) is 2.81. The summed E-state index contributed by atoms with van der Waals surface area (Å²) in [5.74, 6) is 1.29. The molecule has 0 spiro atoms. The van der Waals surface area contributed by atoms with E-state index in [0.29, 0.717) is 5.75 Å². The van der Waals surface area contributed by atoms with Gasteiger partial charge in [-0.25, -0.2) is 4.98 Å². The summed E-state index contributed by atoms with van der Waals surface area (Å²) >= 11 is 0. The van der Waals surface area contributed by atoms with E-state index in [0.717, 1.165) is 24.3 Å². The Morgan fingerprint density at radius 2 is 2.15 bits per heavy atom. The van der Waals surface area contributed by atoms with E-state index in [4.69, 9.17) is 0 Å². The van der Waals surface area contributed by atoms with Crippen LogP contribution in [-0.2, 0) is 6.42 Å². The summed E-state index contributed by atoms with van der Waals surface area (Å²) in [6.45, 7) is 0. The Morgan fingerprint density at radius 1 is 1.30 bits per heavy atom. The molecule has 0 saturated carbocycles. The smallest absolute Gasteiger partial charge is 0.151 e. The van der Waals surface area contributed by atoms with Crippen LogP contribution in [0.5, 0.6) is 5.75 Å². The summed E-state index contributed by atoms with van der Waals surface area (Å²) in [5, 5.41) is 13.1. The maximum absolute atomic E-state index is 9.55. The van der Waals surface area contributed by atoms with Gasteiger partial charge in [0.1, 0.15) is 5.75 Å². The summed E-state index contributed by atoms with van der Waals surface area (Å²) in [5.41, 5.74) is 3.55. The van der Waals surface area contributed by atoms with Crippen molar-refractivity contribution in [1.82, 2.24) is 4.98 Å². The number of anilines is 2. The lowest BCUT2D eigenvalue weighted by Gasteiger charge is -2.21. The van der Waals surface area contributed by atoms with Gasteiger partial charge in [-0.1, -0.05) is 6.07 Å². The molecule has 2 N–H and O–H groups in total. The molecule has 1 aromatic heterocycles. The van der Waals surface area contributed by atoms with E-state index in [1.165, 1.54) is 11.1 Å². The molecule has 1 aromatic carbocycles. The first-order valence-electron chi connectivity index (χ1n) is 6.86. The number of nitrogens with zero attached hydrogens (tertiary/aromatic N) is 2. The highest BCUT2D eigenvalue weighted by Crippen LogP contribution is 2.36. The van der Waals surface area contributed by atoms with Crippen LogP contribution in [0.15, 0.2) is 36.5 Å². The zero-order chi connectivity index (χ0) is 14.1. The molecule has 0 bridgehead atoms. The van der Waals surface area contributed by atoms with Crippen LogP contribution in [0.2, 0.25) is 0 Å². The molecule has 4 heteroatoms. The standard InChI is InChI=1S/C16H19N3O/c1-19(2)16-15(4-3-9-17-16)18-14-8-5-11-10-12(20)6-7-13(11)14/h3-4,6-7,9-10,14,18,20H,5,8H2,1-2H3. The second kappa shape index (κ2) is 5.04. The number of hydrogen-bond acceptors (Lipinski definition) is 4. The molecule has 0 radical (unpaired) electrons. The van der Waals surface area contributed by atoms with Gasteiger partial charge in [-0.3, -0.25) is 0 Å². The van der Waals surface area contributed by atoms with Crippen LogP contribution in [0, 0.1) is 0 Å². The molecule has 1 heterocycles. The number of phenols is 1. The Kier molecular flexibility index (Phi) is 3.22. The molecular weight excluding hydrogens is 250 g/mol. The Bertz CT molecular complexity index is 625. The second-order valence-electron chi connectivity index (χ2n) is 5.39. The molecule has 0 fully saturated rings. The van der Waals surface area contributed by atoms with Gasteiger partial charge in [0.15, 0.2) is 5.82 Å². The number of fused-ring (bicyclic) bond motifs is 1. The molecule has 104 valence electrons. The number of aromatic hydroxyl groups is 1. The van der Waals surface area contributed by atoms with Crippen LogP contribution in [0.4, 0.5) is 11.5 Å². The second-order valence-corrected chi connectivity index (χ2v) is 5.39. The molecule has 4 nitrogen and oxygen atoms in total. The Morgan fingerprint density at radius 3 is 2.95 bits per heavy atom. The van der Waals surface area contributed by atoms with Crippen LogP contribution in [0.3, 0.4) is 0 Å². The van der Waals surface area contributed by atoms with E-state index in [2.05, 4.69) is 16.4 Å². The predicted molar refractivity (Wildman–Crippen MR) is 81.4 cm³/mol. The van der Waals surface area contributed by atoms with Crippen molar-refractivity contribution in [3.63, 3.8) is 0 Å². The predicted octanol–water partition coefficient (Wildman–Crippen LogP) is 2.95. The van der Waals surface area contributed by atoms with Crippen molar-refractivity contribution < 1.29 is 5.11 Å². The fraction of sp³-hybridized carbons (Fsp3) is 0.312. The third-order valence-electron chi connectivity index (χ3n) is 3.74. The zero-order valence-electron chi connectivity index (χ0n) is 11.8. The van der Waals surface area contributed by atoms with Crippen LogP contribution < -0.4 is 10.2 Å². The quantitative estimate of drug-likeness (QED) is 0.899. The molecule has 1 aliphatic carbocycles. The summed E-state index contributed by atoms with van der Waals surface area (Å²) in [7, 11) is 3.99. The molecule has 1 aliphatic rings. The highest BCUT2D eigenvalue weighted by Gasteiger charge is 2.23. The third-order valence-corrected chi connectivity index (χ3v) is 3.74. The van der Waals surface area contributed by atoms with Crippen molar-refractivity contribution in [3.8, 4) is 5.75 Å². The monoisotopic (exact) mass is 269 g/mol. The van der Waals surface area contributed by atoms with Gasteiger partial charge < -0.3 is 15.3 Å². The average Bonchev–Trinajstić information content (AvgIpc) is 2.81. The number of hydrogen-bond donors (Lipinski definition) is 2. The lowest BCUT2D eigenvalue weighted by atomic mass is 10.1. The molecule has 3 rings (SSSR count). The minimum Gasteiger partial charge on any atom is -0.508 e. The molecule has 1 unspecified atom stereocenters. The van der Waals surface area contributed by atoms with E-state index in [9.17, 15) is 5.11 Å². The van der Waals surface area contributed by atoms with Gasteiger partial charge in [0.25, 0.3) is 0 Å². The maximum atomic E-state index is 9.55. The summed E-state index contributed by atoms with van der Waals surface area (Å²) in [6, 6.07) is 9.93. The molecular formula is C16H19N3O. The highest BCUT2D eigenvalue weighted by molar-refractivity contribution is 5.66. The van der Waals surface area contributed by atoms with Crippen molar-refractivity contribution in [1.29, 1.82) is 0 Å². The molecule has 0 aliphatic heterocycles. The number of aromatic nitrogens is 1. The number of pyridine rings is 1. The van der Waals surface area contributed by atoms with Crippen molar-refractivity contribution in [3.05, 3.63) is 47.7 Å². The van der Waals surface area contributed by atoms with Gasteiger partial charge in [0, 0.05) is 20.3 Å². The normalized spacial score (nSPS) is 16.8. The SMILES string of the molecule is CN(C)c1ncccc1NC1CCc2cc(O)ccc21. The lowest BCUT2D eigenvalue weighted by Crippen LogP contribution is -2.15. The fourth-order valence-corrected chi connectivity index (χ4v) is 2.81. The van der Waals surface area contributed by atoms with E-state index in [1.807, 2.05) is 37.2 Å². The van der Waals surface area contributed by atoms with Crippen molar-refractivity contribution in [2.75, 3.05) is 24.3 Å². The van der Waals surface area contributed by atoms with Gasteiger partial charge >= 0.3 is 0 Å². The first-order chi connectivity index (χ1) is 9.65. The minimum atomic E-state index is 0.286. The van der Waals surface area contributed by atoms with Crippen molar-refractivity contribution in [2.45, 2.75) is 18.9 Å². The van der Waals surface area contributed by atoms with Gasteiger partial charge in [0.2, 0.25) is 0 Å². The Labute approximate surface area is 119 Å². The molecule has 0 amide bonds. The largest absolute Gasteiger partial charge is 0.508 e. The summed E-state index contributed by atoms with van der Waals surface area (Å²) < 4.78 is 0. The molecule has 0 saturated heterocycles. The van der Waals surface area contributed by atoms with Crippen LogP contribution in [0.1, 0.15) is 23.6 Å².